The predicted molar refractivity (Wildman–Crippen MR) is 52.4 cm³/mol. The standard InChI is InChI=1S/C9H20N2O2/c1-3-13-9(12)5-4-7-11(2)8-6-10/h3-8,10H2,1-2H3. The number of rotatable bonds is 7. The summed E-state index contributed by atoms with van der Waals surface area (Å²) < 4.78 is 4.80. The van der Waals surface area contributed by atoms with Crippen LogP contribution in [0.1, 0.15) is 19.8 Å². The first-order valence-corrected chi connectivity index (χ1v) is 4.75. The lowest BCUT2D eigenvalue weighted by molar-refractivity contribution is -0.143. The summed E-state index contributed by atoms with van der Waals surface area (Å²) in [5.41, 5.74) is 5.38. The molecule has 0 saturated carbocycles. The molecule has 0 aliphatic heterocycles. The fraction of sp³-hybridized carbons (Fsp3) is 0.889. The van der Waals surface area contributed by atoms with E-state index in [9.17, 15) is 4.79 Å². The Morgan fingerprint density at radius 1 is 1.46 bits per heavy atom. The minimum absolute atomic E-state index is 0.108. The molecule has 0 aromatic carbocycles. The number of carbonyl (C=O) groups is 1. The lowest BCUT2D eigenvalue weighted by Gasteiger charge is -2.14. The van der Waals surface area contributed by atoms with Crippen LogP contribution < -0.4 is 5.73 Å². The molecule has 0 fully saturated rings. The van der Waals surface area contributed by atoms with Gasteiger partial charge in [-0.25, -0.2) is 0 Å². The molecule has 0 aromatic rings. The van der Waals surface area contributed by atoms with Gasteiger partial charge in [-0.15, -0.1) is 0 Å². The van der Waals surface area contributed by atoms with Gasteiger partial charge in [0.1, 0.15) is 0 Å². The molecular formula is C9H20N2O2. The predicted octanol–water partition coefficient (Wildman–Crippen LogP) is 0.220. The van der Waals surface area contributed by atoms with Gasteiger partial charge in [0, 0.05) is 19.5 Å². The van der Waals surface area contributed by atoms with Crippen molar-refractivity contribution >= 4 is 5.97 Å². The summed E-state index contributed by atoms with van der Waals surface area (Å²) in [5.74, 6) is -0.108. The molecule has 4 nitrogen and oxygen atoms in total. The molecule has 0 spiro atoms. The molecule has 0 aromatic heterocycles. The number of hydrogen-bond acceptors (Lipinski definition) is 4. The van der Waals surface area contributed by atoms with Gasteiger partial charge in [-0.2, -0.15) is 0 Å². The minimum atomic E-state index is -0.108. The van der Waals surface area contributed by atoms with E-state index in [1.165, 1.54) is 0 Å². The van der Waals surface area contributed by atoms with Crippen LogP contribution in [0.15, 0.2) is 0 Å². The lowest BCUT2D eigenvalue weighted by atomic mass is 10.3. The Kier molecular flexibility index (Phi) is 7.63. The minimum Gasteiger partial charge on any atom is -0.466 e. The molecule has 0 aliphatic carbocycles. The first-order chi connectivity index (χ1) is 6.20. The van der Waals surface area contributed by atoms with Crippen molar-refractivity contribution < 1.29 is 9.53 Å². The van der Waals surface area contributed by atoms with E-state index in [0.29, 0.717) is 19.6 Å². The molecule has 0 rings (SSSR count). The summed E-state index contributed by atoms with van der Waals surface area (Å²) in [6.45, 7) is 4.73. The van der Waals surface area contributed by atoms with Gasteiger partial charge in [-0.3, -0.25) is 4.79 Å². The van der Waals surface area contributed by atoms with Gasteiger partial charge in [0.2, 0.25) is 0 Å². The highest BCUT2D eigenvalue weighted by atomic mass is 16.5. The Morgan fingerprint density at radius 3 is 2.69 bits per heavy atom. The fourth-order valence-electron chi connectivity index (χ4n) is 1.06. The molecule has 0 unspecified atom stereocenters. The molecule has 2 N–H and O–H groups in total. The zero-order valence-electron chi connectivity index (χ0n) is 8.58. The van der Waals surface area contributed by atoms with Crippen LogP contribution in [0.2, 0.25) is 0 Å². The molecule has 78 valence electrons. The highest BCUT2D eigenvalue weighted by Gasteiger charge is 2.02. The first kappa shape index (κ1) is 12.4. The van der Waals surface area contributed by atoms with Crippen LogP contribution in [0.4, 0.5) is 0 Å². The summed E-state index contributed by atoms with van der Waals surface area (Å²) in [6, 6.07) is 0. The third-order valence-electron chi connectivity index (χ3n) is 1.74. The molecule has 0 atom stereocenters. The number of esters is 1. The van der Waals surface area contributed by atoms with E-state index in [0.717, 1.165) is 19.5 Å². The molecule has 4 heteroatoms. The highest BCUT2D eigenvalue weighted by molar-refractivity contribution is 5.69. The van der Waals surface area contributed by atoms with E-state index >= 15 is 0 Å². The van der Waals surface area contributed by atoms with Crippen LogP contribution in [0.5, 0.6) is 0 Å². The molecule has 0 saturated heterocycles. The van der Waals surface area contributed by atoms with Crippen molar-refractivity contribution in [3.8, 4) is 0 Å². The summed E-state index contributed by atoms with van der Waals surface area (Å²) in [4.78, 5) is 13.0. The number of ether oxygens (including phenoxy) is 1. The van der Waals surface area contributed by atoms with Gasteiger partial charge in [-0.1, -0.05) is 0 Å². The SMILES string of the molecule is CCOC(=O)CCCN(C)CCN. The smallest absolute Gasteiger partial charge is 0.305 e. The monoisotopic (exact) mass is 188 g/mol. The average Bonchev–Trinajstić information content (AvgIpc) is 2.05. The van der Waals surface area contributed by atoms with Gasteiger partial charge in [0.05, 0.1) is 6.61 Å². The Bertz CT molecular complexity index is 140. The Hall–Kier alpha value is -0.610. The van der Waals surface area contributed by atoms with E-state index < -0.39 is 0 Å². The quantitative estimate of drug-likeness (QED) is 0.581. The van der Waals surface area contributed by atoms with Crippen molar-refractivity contribution in [2.24, 2.45) is 5.73 Å². The summed E-state index contributed by atoms with van der Waals surface area (Å²) in [7, 11) is 2.00. The normalized spacial score (nSPS) is 10.5. The molecule has 13 heavy (non-hydrogen) atoms. The van der Waals surface area contributed by atoms with Crippen LogP contribution >= 0.6 is 0 Å². The number of nitrogens with two attached hydrogens (primary N) is 1. The van der Waals surface area contributed by atoms with Gasteiger partial charge < -0.3 is 15.4 Å². The first-order valence-electron chi connectivity index (χ1n) is 4.75. The Balaban J connectivity index is 3.28. The van der Waals surface area contributed by atoms with E-state index in [1.807, 2.05) is 14.0 Å². The zero-order valence-corrected chi connectivity index (χ0v) is 8.58. The highest BCUT2D eigenvalue weighted by Crippen LogP contribution is 1.94. The second-order valence-corrected chi connectivity index (χ2v) is 3.00. The molecular weight excluding hydrogens is 168 g/mol. The number of hydrogen-bond donors (Lipinski definition) is 1. The lowest BCUT2D eigenvalue weighted by Crippen LogP contribution is -2.26. The van der Waals surface area contributed by atoms with Gasteiger partial charge >= 0.3 is 5.97 Å². The summed E-state index contributed by atoms with van der Waals surface area (Å²) >= 11 is 0. The largest absolute Gasteiger partial charge is 0.466 e. The van der Waals surface area contributed by atoms with E-state index in [4.69, 9.17) is 10.5 Å². The molecule has 0 aliphatic rings. The summed E-state index contributed by atoms with van der Waals surface area (Å²) in [6.07, 6.45) is 1.35. The number of likely N-dealkylation sites (N-methyl/N-ethyl adjacent to an activating group) is 1. The van der Waals surface area contributed by atoms with Crippen molar-refractivity contribution in [3.63, 3.8) is 0 Å². The van der Waals surface area contributed by atoms with Crippen molar-refractivity contribution in [1.82, 2.24) is 4.90 Å². The van der Waals surface area contributed by atoms with Crippen molar-refractivity contribution in [3.05, 3.63) is 0 Å². The van der Waals surface area contributed by atoms with Gasteiger partial charge in [0.25, 0.3) is 0 Å². The van der Waals surface area contributed by atoms with E-state index in [-0.39, 0.29) is 5.97 Å². The van der Waals surface area contributed by atoms with E-state index in [2.05, 4.69) is 4.90 Å². The van der Waals surface area contributed by atoms with E-state index in [1.54, 1.807) is 0 Å². The van der Waals surface area contributed by atoms with Crippen LogP contribution in [0.25, 0.3) is 0 Å². The molecule has 0 amide bonds. The Labute approximate surface area is 80.0 Å². The van der Waals surface area contributed by atoms with Crippen LogP contribution in [0, 0.1) is 0 Å². The van der Waals surface area contributed by atoms with Crippen molar-refractivity contribution in [2.75, 3.05) is 33.3 Å². The van der Waals surface area contributed by atoms with Crippen LogP contribution in [-0.2, 0) is 9.53 Å². The third-order valence-corrected chi connectivity index (χ3v) is 1.74. The fourth-order valence-corrected chi connectivity index (χ4v) is 1.06. The molecule has 0 radical (unpaired) electrons. The third kappa shape index (κ3) is 7.74. The van der Waals surface area contributed by atoms with Crippen LogP contribution in [0.3, 0.4) is 0 Å². The second-order valence-electron chi connectivity index (χ2n) is 3.00. The van der Waals surface area contributed by atoms with Crippen molar-refractivity contribution in [2.45, 2.75) is 19.8 Å². The zero-order chi connectivity index (χ0) is 10.1. The van der Waals surface area contributed by atoms with Crippen molar-refractivity contribution in [1.29, 1.82) is 0 Å². The maximum absolute atomic E-state index is 10.9. The summed E-state index contributed by atoms with van der Waals surface area (Å²) in [5, 5.41) is 0. The average molecular weight is 188 g/mol. The number of nitrogens with zero attached hydrogens (tertiary/aromatic N) is 1. The number of carbonyl (C=O) groups excluding carboxylic acids is 1. The molecule has 0 bridgehead atoms. The van der Waals surface area contributed by atoms with Crippen LogP contribution in [-0.4, -0.2) is 44.2 Å². The topological polar surface area (TPSA) is 55.6 Å². The van der Waals surface area contributed by atoms with Gasteiger partial charge in [0.15, 0.2) is 0 Å². The second kappa shape index (κ2) is 8.01. The maximum atomic E-state index is 10.9. The van der Waals surface area contributed by atoms with Gasteiger partial charge in [-0.05, 0) is 26.9 Å². The Morgan fingerprint density at radius 2 is 2.15 bits per heavy atom. The molecule has 0 heterocycles. The maximum Gasteiger partial charge on any atom is 0.305 e.